The second-order valence-electron chi connectivity index (χ2n) is 3.92. The molecule has 2 aromatic rings. The summed E-state index contributed by atoms with van der Waals surface area (Å²) in [6.45, 7) is 2.17. The smallest absolute Gasteiger partial charge is 0.221 e. The van der Waals surface area contributed by atoms with E-state index in [2.05, 4.69) is 24.0 Å². The Kier molecular flexibility index (Phi) is 3.60. The van der Waals surface area contributed by atoms with Crippen molar-refractivity contribution < 1.29 is 4.74 Å². The number of hydrogen-bond donors (Lipinski definition) is 1. The predicted molar refractivity (Wildman–Crippen MR) is 69.2 cm³/mol. The van der Waals surface area contributed by atoms with Gasteiger partial charge in [-0.1, -0.05) is 25.5 Å². The quantitative estimate of drug-likeness (QED) is 0.872. The summed E-state index contributed by atoms with van der Waals surface area (Å²) < 4.78 is 5.60. The number of benzene rings is 1. The number of ether oxygens (including phenoxy) is 1. The van der Waals surface area contributed by atoms with Crippen LogP contribution in [0.2, 0.25) is 0 Å². The van der Waals surface area contributed by atoms with Crippen LogP contribution >= 0.6 is 0 Å². The van der Waals surface area contributed by atoms with Gasteiger partial charge in [0, 0.05) is 18.0 Å². The number of anilines is 1. The molecular weight excluding hydrogens is 212 g/mol. The number of nitrogens with two attached hydrogens (primary N) is 1. The third-order valence-electron chi connectivity index (χ3n) is 2.44. The molecule has 3 nitrogen and oxygen atoms in total. The van der Waals surface area contributed by atoms with Gasteiger partial charge in [0.05, 0.1) is 0 Å². The van der Waals surface area contributed by atoms with Crippen LogP contribution in [-0.4, -0.2) is 4.98 Å². The van der Waals surface area contributed by atoms with E-state index in [1.54, 1.807) is 18.3 Å². The van der Waals surface area contributed by atoms with Crippen molar-refractivity contribution >= 4 is 5.69 Å². The number of rotatable bonds is 4. The van der Waals surface area contributed by atoms with Gasteiger partial charge >= 0.3 is 0 Å². The summed E-state index contributed by atoms with van der Waals surface area (Å²) in [5, 5.41) is 0. The van der Waals surface area contributed by atoms with Crippen molar-refractivity contribution in [3.05, 3.63) is 48.2 Å². The Labute approximate surface area is 101 Å². The summed E-state index contributed by atoms with van der Waals surface area (Å²) in [6, 6.07) is 11.5. The molecule has 3 heteroatoms. The number of hydrogen-bond acceptors (Lipinski definition) is 3. The van der Waals surface area contributed by atoms with E-state index in [-0.39, 0.29) is 0 Å². The van der Waals surface area contributed by atoms with Crippen LogP contribution in [-0.2, 0) is 6.42 Å². The molecule has 0 saturated heterocycles. The van der Waals surface area contributed by atoms with Crippen molar-refractivity contribution in [2.24, 2.45) is 0 Å². The first-order valence-corrected chi connectivity index (χ1v) is 5.76. The van der Waals surface area contributed by atoms with Gasteiger partial charge in [-0.25, -0.2) is 4.98 Å². The van der Waals surface area contributed by atoms with Crippen molar-refractivity contribution in [3.63, 3.8) is 0 Å². The van der Waals surface area contributed by atoms with E-state index in [1.165, 1.54) is 5.56 Å². The molecule has 0 saturated carbocycles. The lowest BCUT2D eigenvalue weighted by Gasteiger charge is -2.06. The van der Waals surface area contributed by atoms with Crippen LogP contribution in [0, 0.1) is 0 Å². The van der Waals surface area contributed by atoms with E-state index >= 15 is 0 Å². The summed E-state index contributed by atoms with van der Waals surface area (Å²) in [5.41, 5.74) is 7.63. The maximum atomic E-state index is 5.66. The first kappa shape index (κ1) is 11.5. The van der Waals surface area contributed by atoms with E-state index < -0.39 is 0 Å². The molecule has 0 spiro atoms. The lowest BCUT2D eigenvalue weighted by Crippen LogP contribution is -1.91. The highest BCUT2D eigenvalue weighted by molar-refractivity contribution is 5.41. The minimum atomic E-state index is 0.522. The van der Waals surface area contributed by atoms with Crippen LogP contribution in [0.3, 0.4) is 0 Å². The van der Waals surface area contributed by atoms with Gasteiger partial charge in [-0.15, -0.1) is 0 Å². The molecule has 17 heavy (non-hydrogen) atoms. The number of nitrogens with zero attached hydrogens (tertiary/aromatic N) is 1. The summed E-state index contributed by atoms with van der Waals surface area (Å²) in [6.07, 6.45) is 3.88. The minimum Gasteiger partial charge on any atom is -0.439 e. The molecule has 0 aliphatic heterocycles. The van der Waals surface area contributed by atoms with Crippen LogP contribution in [0.1, 0.15) is 18.9 Å². The number of nitrogen functional groups attached to an aromatic ring is 1. The zero-order valence-corrected chi connectivity index (χ0v) is 9.89. The SMILES string of the molecule is CCCc1ccc(Oc2cc(N)ccn2)cc1. The Morgan fingerprint density at radius 1 is 1.18 bits per heavy atom. The lowest BCUT2D eigenvalue weighted by molar-refractivity contribution is 0.463. The fourth-order valence-corrected chi connectivity index (χ4v) is 1.61. The van der Waals surface area contributed by atoms with Crippen molar-refractivity contribution in [1.29, 1.82) is 0 Å². The predicted octanol–water partition coefficient (Wildman–Crippen LogP) is 3.41. The maximum absolute atomic E-state index is 5.66. The number of pyridine rings is 1. The molecule has 1 heterocycles. The van der Waals surface area contributed by atoms with Gasteiger partial charge in [0.2, 0.25) is 5.88 Å². The van der Waals surface area contributed by atoms with E-state index in [1.807, 2.05) is 12.1 Å². The topological polar surface area (TPSA) is 48.1 Å². The summed E-state index contributed by atoms with van der Waals surface area (Å²) in [4.78, 5) is 4.09. The number of aromatic nitrogens is 1. The van der Waals surface area contributed by atoms with Crippen molar-refractivity contribution in [2.45, 2.75) is 19.8 Å². The Hall–Kier alpha value is -2.03. The summed E-state index contributed by atoms with van der Waals surface area (Å²) in [7, 11) is 0. The standard InChI is InChI=1S/C14H16N2O/c1-2-3-11-4-6-13(7-5-11)17-14-10-12(15)8-9-16-14/h4-10H,2-3H2,1H3,(H2,15,16). The van der Waals surface area contributed by atoms with Crippen molar-refractivity contribution in [3.8, 4) is 11.6 Å². The highest BCUT2D eigenvalue weighted by atomic mass is 16.5. The minimum absolute atomic E-state index is 0.522. The normalized spacial score (nSPS) is 10.2. The van der Waals surface area contributed by atoms with Crippen LogP contribution in [0.4, 0.5) is 5.69 Å². The van der Waals surface area contributed by atoms with Crippen molar-refractivity contribution in [1.82, 2.24) is 4.98 Å². The molecule has 0 aliphatic carbocycles. The molecule has 0 radical (unpaired) electrons. The average molecular weight is 228 g/mol. The fourth-order valence-electron chi connectivity index (χ4n) is 1.61. The zero-order chi connectivity index (χ0) is 12.1. The molecule has 0 aliphatic rings. The number of aryl methyl sites for hydroxylation is 1. The molecule has 1 aromatic heterocycles. The van der Waals surface area contributed by atoms with Gasteiger partial charge < -0.3 is 10.5 Å². The highest BCUT2D eigenvalue weighted by Gasteiger charge is 1.99. The van der Waals surface area contributed by atoms with E-state index in [4.69, 9.17) is 10.5 Å². The van der Waals surface area contributed by atoms with Crippen LogP contribution in [0.5, 0.6) is 11.6 Å². The van der Waals surface area contributed by atoms with Gasteiger partial charge in [0.1, 0.15) is 5.75 Å². The summed E-state index contributed by atoms with van der Waals surface area (Å²) in [5.74, 6) is 1.30. The molecule has 2 N–H and O–H groups in total. The lowest BCUT2D eigenvalue weighted by atomic mass is 10.1. The molecule has 88 valence electrons. The highest BCUT2D eigenvalue weighted by Crippen LogP contribution is 2.21. The van der Waals surface area contributed by atoms with Gasteiger partial charge in [-0.3, -0.25) is 0 Å². The third kappa shape index (κ3) is 3.21. The van der Waals surface area contributed by atoms with E-state index in [0.717, 1.165) is 18.6 Å². The maximum Gasteiger partial charge on any atom is 0.221 e. The molecule has 0 fully saturated rings. The molecule has 0 bridgehead atoms. The Morgan fingerprint density at radius 2 is 1.94 bits per heavy atom. The second-order valence-corrected chi connectivity index (χ2v) is 3.92. The average Bonchev–Trinajstić information content (AvgIpc) is 2.32. The van der Waals surface area contributed by atoms with Crippen LogP contribution in [0.25, 0.3) is 0 Å². The molecule has 1 aromatic carbocycles. The van der Waals surface area contributed by atoms with E-state index in [9.17, 15) is 0 Å². The summed E-state index contributed by atoms with van der Waals surface area (Å²) >= 11 is 0. The molecular formula is C14H16N2O. The fraction of sp³-hybridized carbons (Fsp3) is 0.214. The van der Waals surface area contributed by atoms with Crippen molar-refractivity contribution in [2.75, 3.05) is 5.73 Å². The monoisotopic (exact) mass is 228 g/mol. The van der Waals surface area contributed by atoms with E-state index in [0.29, 0.717) is 11.6 Å². The van der Waals surface area contributed by atoms with Crippen LogP contribution in [0.15, 0.2) is 42.6 Å². The van der Waals surface area contributed by atoms with Gasteiger partial charge in [-0.05, 0) is 30.2 Å². The first-order valence-electron chi connectivity index (χ1n) is 5.76. The Balaban J connectivity index is 2.08. The van der Waals surface area contributed by atoms with Crippen LogP contribution < -0.4 is 10.5 Å². The molecule has 2 rings (SSSR count). The second kappa shape index (κ2) is 5.34. The Bertz CT molecular complexity index is 480. The molecule has 0 unspecified atom stereocenters. The first-order chi connectivity index (χ1) is 8.28. The van der Waals surface area contributed by atoms with Gasteiger partial charge in [0.15, 0.2) is 0 Å². The molecule has 0 atom stereocenters. The third-order valence-corrected chi connectivity index (χ3v) is 2.44. The van der Waals surface area contributed by atoms with Gasteiger partial charge in [0.25, 0.3) is 0 Å². The zero-order valence-electron chi connectivity index (χ0n) is 9.89. The Morgan fingerprint density at radius 3 is 2.59 bits per heavy atom. The largest absolute Gasteiger partial charge is 0.439 e. The molecule has 0 amide bonds. The van der Waals surface area contributed by atoms with Gasteiger partial charge in [-0.2, -0.15) is 0 Å².